The molecule has 1 aliphatic rings. The summed E-state index contributed by atoms with van der Waals surface area (Å²) in [7, 11) is 3.23. The van der Waals surface area contributed by atoms with Gasteiger partial charge in [-0.15, -0.1) is 0 Å². The summed E-state index contributed by atoms with van der Waals surface area (Å²) < 4.78 is 16.9. The Balaban J connectivity index is 1.89. The summed E-state index contributed by atoms with van der Waals surface area (Å²) in [5.41, 5.74) is 8.43. The molecule has 0 aliphatic carbocycles. The van der Waals surface area contributed by atoms with Crippen molar-refractivity contribution in [2.75, 3.05) is 38.4 Å². The molecule has 1 aliphatic heterocycles. The molecule has 7 nitrogen and oxygen atoms in total. The molecule has 0 spiro atoms. The first kappa shape index (κ1) is 21.5. The molecule has 0 amide bonds. The lowest BCUT2D eigenvalue weighted by atomic mass is 9.98. The standard InChI is InChI=1S/C23H27ClN4O3/c1-4-15-18(29-2)10-19(30-3)22(24)21(15)17-8-13-11-26-20(25)9-16(13)23(28-17)27-12-14-6-5-7-31-14/h8-11,14H,4-7,12H2,1-3H3,(H2,25,26)(H,27,28). The van der Waals surface area contributed by atoms with Crippen molar-refractivity contribution < 1.29 is 14.2 Å². The molecule has 8 heteroatoms. The summed E-state index contributed by atoms with van der Waals surface area (Å²) in [6.45, 7) is 3.53. The number of rotatable bonds is 7. The third-order valence-corrected chi connectivity index (χ3v) is 5.98. The number of fused-ring (bicyclic) bond motifs is 1. The van der Waals surface area contributed by atoms with Gasteiger partial charge in [0, 0.05) is 47.3 Å². The highest BCUT2D eigenvalue weighted by Gasteiger charge is 2.22. The Labute approximate surface area is 186 Å². The van der Waals surface area contributed by atoms with Crippen molar-refractivity contribution in [3.8, 4) is 22.8 Å². The lowest BCUT2D eigenvalue weighted by Gasteiger charge is -2.19. The number of benzene rings is 1. The smallest absolute Gasteiger partial charge is 0.141 e. The maximum Gasteiger partial charge on any atom is 0.141 e. The van der Waals surface area contributed by atoms with Crippen LogP contribution in [0.2, 0.25) is 5.02 Å². The minimum Gasteiger partial charge on any atom is -0.496 e. The molecule has 1 fully saturated rings. The monoisotopic (exact) mass is 442 g/mol. The number of anilines is 2. The van der Waals surface area contributed by atoms with Crippen LogP contribution >= 0.6 is 11.6 Å². The minimum absolute atomic E-state index is 0.173. The van der Waals surface area contributed by atoms with Gasteiger partial charge >= 0.3 is 0 Å². The van der Waals surface area contributed by atoms with Crippen molar-refractivity contribution >= 4 is 34.0 Å². The molecule has 3 aromatic rings. The average molecular weight is 443 g/mol. The fourth-order valence-electron chi connectivity index (χ4n) is 4.04. The van der Waals surface area contributed by atoms with Gasteiger partial charge in [0.2, 0.25) is 0 Å². The van der Waals surface area contributed by atoms with E-state index < -0.39 is 0 Å². The van der Waals surface area contributed by atoms with E-state index in [0.29, 0.717) is 34.6 Å². The molecule has 1 saturated heterocycles. The van der Waals surface area contributed by atoms with Crippen molar-refractivity contribution in [3.05, 3.63) is 35.0 Å². The van der Waals surface area contributed by atoms with Gasteiger partial charge in [-0.25, -0.2) is 9.97 Å². The zero-order valence-electron chi connectivity index (χ0n) is 18.0. The van der Waals surface area contributed by atoms with Crippen molar-refractivity contribution in [1.29, 1.82) is 0 Å². The van der Waals surface area contributed by atoms with E-state index in [1.54, 1.807) is 20.4 Å². The van der Waals surface area contributed by atoms with Crippen LogP contribution in [0.25, 0.3) is 22.0 Å². The van der Waals surface area contributed by atoms with Crippen molar-refractivity contribution in [2.24, 2.45) is 0 Å². The van der Waals surface area contributed by atoms with Crippen LogP contribution in [0.3, 0.4) is 0 Å². The van der Waals surface area contributed by atoms with Crippen LogP contribution in [-0.4, -0.2) is 43.4 Å². The topological polar surface area (TPSA) is 91.5 Å². The number of pyridine rings is 2. The molecule has 164 valence electrons. The van der Waals surface area contributed by atoms with Crippen LogP contribution in [0, 0.1) is 0 Å². The maximum absolute atomic E-state index is 6.77. The highest BCUT2D eigenvalue weighted by atomic mass is 35.5. The van der Waals surface area contributed by atoms with E-state index in [1.807, 2.05) is 18.2 Å². The molecule has 1 aromatic carbocycles. The van der Waals surface area contributed by atoms with Crippen LogP contribution in [0.4, 0.5) is 11.6 Å². The molecule has 3 N–H and O–H groups in total. The van der Waals surface area contributed by atoms with Crippen LogP contribution in [0.15, 0.2) is 24.4 Å². The number of nitrogens with zero attached hydrogens (tertiary/aromatic N) is 2. The lowest BCUT2D eigenvalue weighted by Crippen LogP contribution is -2.19. The lowest BCUT2D eigenvalue weighted by molar-refractivity contribution is 0.120. The highest BCUT2D eigenvalue weighted by molar-refractivity contribution is 6.35. The Hall–Kier alpha value is -2.77. The molecule has 0 bridgehead atoms. The molecule has 0 saturated carbocycles. The van der Waals surface area contributed by atoms with Gasteiger partial charge in [-0.3, -0.25) is 0 Å². The van der Waals surface area contributed by atoms with Crippen molar-refractivity contribution in [1.82, 2.24) is 9.97 Å². The number of hydrogen-bond donors (Lipinski definition) is 2. The van der Waals surface area contributed by atoms with E-state index in [2.05, 4.69) is 17.2 Å². The van der Waals surface area contributed by atoms with E-state index in [0.717, 1.165) is 53.6 Å². The molecular weight excluding hydrogens is 416 g/mol. The second-order valence-corrected chi connectivity index (χ2v) is 7.88. The van der Waals surface area contributed by atoms with Crippen molar-refractivity contribution in [2.45, 2.75) is 32.3 Å². The molecule has 3 heterocycles. The quantitative estimate of drug-likeness (QED) is 0.547. The zero-order chi connectivity index (χ0) is 22.0. The molecule has 0 radical (unpaired) electrons. The molecule has 1 unspecified atom stereocenters. The number of nitrogen functional groups attached to an aromatic ring is 1. The largest absolute Gasteiger partial charge is 0.496 e. The maximum atomic E-state index is 6.77. The Morgan fingerprint density at radius 1 is 1.23 bits per heavy atom. The second kappa shape index (κ2) is 9.16. The molecule has 1 atom stereocenters. The van der Waals surface area contributed by atoms with E-state index in [1.165, 1.54) is 0 Å². The van der Waals surface area contributed by atoms with Crippen LogP contribution in [0.5, 0.6) is 11.5 Å². The number of nitrogens with one attached hydrogen (secondary N) is 1. The van der Waals surface area contributed by atoms with Gasteiger partial charge in [0.25, 0.3) is 0 Å². The SMILES string of the molecule is CCc1c(OC)cc(OC)c(Cl)c1-c1cc2cnc(N)cc2c(NCC2CCCO2)n1. The third-order valence-electron chi connectivity index (χ3n) is 5.60. The second-order valence-electron chi connectivity index (χ2n) is 7.50. The van der Waals surface area contributed by atoms with E-state index in [4.69, 9.17) is 36.5 Å². The Kier molecular flexibility index (Phi) is 6.34. The van der Waals surface area contributed by atoms with Crippen LogP contribution < -0.4 is 20.5 Å². The summed E-state index contributed by atoms with van der Waals surface area (Å²) >= 11 is 6.77. The summed E-state index contributed by atoms with van der Waals surface area (Å²) in [4.78, 5) is 9.22. The van der Waals surface area contributed by atoms with Crippen molar-refractivity contribution in [3.63, 3.8) is 0 Å². The average Bonchev–Trinajstić information content (AvgIpc) is 3.30. The predicted octanol–water partition coefficient (Wildman–Crippen LogP) is 4.70. The number of ether oxygens (including phenoxy) is 3. The van der Waals surface area contributed by atoms with Gasteiger partial charge in [-0.05, 0) is 31.4 Å². The fourth-order valence-corrected chi connectivity index (χ4v) is 4.38. The Morgan fingerprint density at radius 2 is 2.03 bits per heavy atom. The van der Waals surface area contributed by atoms with Gasteiger partial charge in [-0.1, -0.05) is 18.5 Å². The first-order chi connectivity index (χ1) is 15.0. The number of hydrogen-bond acceptors (Lipinski definition) is 7. The van der Waals surface area contributed by atoms with Gasteiger partial charge in [-0.2, -0.15) is 0 Å². The minimum atomic E-state index is 0.173. The Bertz CT molecular complexity index is 1100. The molecule has 4 rings (SSSR count). The summed E-state index contributed by atoms with van der Waals surface area (Å²) in [5, 5.41) is 5.77. The van der Waals surface area contributed by atoms with E-state index in [-0.39, 0.29) is 6.10 Å². The molecule has 31 heavy (non-hydrogen) atoms. The molecular formula is C23H27ClN4O3. The summed E-state index contributed by atoms with van der Waals surface area (Å²) in [5.74, 6) is 2.41. The first-order valence-electron chi connectivity index (χ1n) is 10.4. The third kappa shape index (κ3) is 4.20. The van der Waals surface area contributed by atoms with Gasteiger partial charge in [0.05, 0.1) is 31.0 Å². The van der Waals surface area contributed by atoms with Gasteiger partial charge < -0.3 is 25.3 Å². The highest BCUT2D eigenvalue weighted by Crippen LogP contribution is 2.44. The van der Waals surface area contributed by atoms with Gasteiger partial charge in [0.15, 0.2) is 0 Å². The predicted molar refractivity (Wildman–Crippen MR) is 124 cm³/mol. The molecule has 2 aromatic heterocycles. The zero-order valence-corrected chi connectivity index (χ0v) is 18.8. The fraction of sp³-hybridized carbons (Fsp3) is 0.391. The summed E-state index contributed by atoms with van der Waals surface area (Å²) in [6.07, 6.45) is 4.76. The van der Waals surface area contributed by atoms with E-state index in [9.17, 15) is 0 Å². The first-order valence-corrected chi connectivity index (χ1v) is 10.8. The number of methoxy groups -OCH3 is 2. The number of halogens is 1. The van der Waals surface area contributed by atoms with Crippen LogP contribution in [-0.2, 0) is 11.2 Å². The summed E-state index contributed by atoms with van der Waals surface area (Å²) in [6, 6.07) is 5.61. The van der Waals surface area contributed by atoms with Gasteiger partial charge in [0.1, 0.15) is 23.1 Å². The normalized spacial score (nSPS) is 15.9. The number of nitrogens with two attached hydrogens (primary N) is 1. The Morgan fingerprint density at radius 3 is 2.71 bits per heavy atom. The van der Waals surface area contributed by atoms with E-state index >= 15 is 0 Å². The van der Waals surface area contributed by atoms with Crippen LogP contribution in [0.1, 0.15) is 25.3 Å². The number of aromatic nitrogens is 2.